The maximum absolute atomic E-state index is 11.7. The van der Waals surface area contributed by atoms with E-state index in [1.54, 1.807) is 32.2 Å². The number of hydrogen-bond acceptors (Lipinski definition) is 7. The molecule has 2 aromatic rings. The fourth-order valence-corrected chi connectivity index (χ4v) is 2.04. The van der Waals surface area contributed by atoms with Crippen molar-refractivity contribution in [2.75, 3.05) is 13.7 Å². The van der Waals surface area contributed by atoms with Gasteiger partial charge in [0, 0.05) is 17.8 Å². The van der Waals surface area contributed by atoms with E-state index in [1.807, 2.05) is 0 Å². The molecule has 2 heterocycles. The zero-order valence-corrected chi connectivity index (χ0v) is 14.4. The highest BCUT2D eigenvalue weighted by Crippen LogP contribution is 2.26. The summed E-state index contributed by atoms with van der Waals surface area (Å²) in [5, 5.41) is 0. The predicted octanol–water partition coefficient (Wildman–Crippen LogP) is 2.57. The van der Waals surface area contributed by atoms with Crippen LogP contribution in [0.3, 0.4) is 0 Å². The average Bonchev–Trinajstić information content (AvgIpc) is 2.65. The number of ether oxygens (including phenoxy) is 2. The van der Waals surface area contributed by atoms with E-state index in [0.717, 1.165) is 5.56 Å². The van der Waals surface area contributed by atoms with Crippen molar-refractivity contribution in [1.29, 1.82) is 0 Å². The molecule has 0 spiro atoms. The summed E-state index contributed by atoms with van der Waals surface area (Å²) in [5.41, 5.74) is 1.48. The molecule has 0 fully saturated rings. The van der Waals surface area contributed by atoms with Crippen molar-refractivity contribution in [2.45, 2.75) is 13.8 Å². The van der Waals surface area contributed by atoms with E-state index in [2.05, 4.69) is 21.5 Å². The monoisotopic (exact) mass is 341 g/mol. The third-order valence-corrected chi connectivity index (χ3v) is 3.52. The highest BCUT2D eigenvalue weighted by molar-refractivity contribution is 5.76. The van der Waals surface area contributed by atoms with Crippen molar-refractivity contribution in [2.24, 2.45) is 5.41 Å². The number of pyridine rings is 1. The van der Waals surface area contributed by atoms with Gasteiger partial charge in [0.15, 0.2) is 6.29 Å². The summed E-state index contributed by atoms with van der Waals surface area (Å²) in [6.45, 7) is 7.36. The minimum atomic E-state index is -0.792. The van der Waals surface area contributed by atoms with Gasteiger partial charge in [0.05, 0.1) is 30.6 Å². The molecule has 0 radical (unpaired) electrons. The van der Waals surface area contributed by atoms with Crippen molar-refractivity contribution >= 4 is 18.3 Å². The minimum absolute atomic E-state index is 0.121. The third-order valence-electron chi connectivity index (χ3n) is 3.52. The lowest BCUT2D eigenvalue weighted by molar-refractivity contribution is -0.152. The average molecular weight is 341 g/mol. The summed E-state index contributed by atoms with van der Waals surface area (Å²) in [7, 11) is 1.34. The Bertz CT molecular complexity index is 785. The van der Waals surface area contributed by atoms with Crippen molar-refractivity contribution in [3.63, 3.8) is 0 Å². The van der Waals surface area contributed by atoms with Crippen molar-refractivity contribution in [3.8, 4) is 17.1 Å². The molecule has 0 N–H and O–H groups in total. The van der Waals surface area contributed by atoms with Crippen LogP contribution in [0.1, 0.15) is 29.9 Å². The van der Waals surface area contributed by atoms with E-state index in [1.165, 1.54) is 19.5 Å². The first-order chi connectivity index (χ1) is 11.9. The largest absolute Gasteiger partial charge is 0.476 e. The molecule has 7 nitrogen and oxygen atoms in total. The summed E-state index contributed by atoms with van der Waals surface area (Å²) >= 11 is 0. The molecule has 0 aliphatic heterocycles. The third kappa shape index (κ3) is 4.26. The minimum Gasteiger partial charge on any atom is -0.476 e. The molecule has 0 saturated carbocycles. The first kappa shape index (κ1) is 18.3. The second-order valence-electron chi connectivity index (χ2n) is 5.92. The molecule has 0 unspecified atom stereocenters. The fourth-order valence-electron chi connectivity index (χ4n) is 2.04. The Labute approximate surface area is 145 Å². The van der Waals surface area contributed by atoms with Crippen LogP contribution >= 0.6 is 0 Å². The van der Waals surface area contributed by atoms with Gasteiger partial charge >= 0.3 is 5.97 Å². The maximum Gasteiger partial charge on any atom is 0.314 e. The van der Waals surface area contributed by atoms with Crippen LogP contribution in [0.2, 0.25) is 0 Å². The number of esters is 1. The fraction of sp³-hybridized carbons (Fsp3) is 0.278. The number of methoxy groups -OCH3 is 1. The summed E-state index contributed by atoms with van der Waals surface area (Å²) in [6.07, 6.45) is 6.74. The van der Waals surface area contributed by atoms with Crippen LogP contribution in [0.4, 0.5) is 0 Å². The second-order valence-corrected chi connectivity index (χ2v) is 5.92. The van der Waals surface area contributed by atoms with Crippen molar-refractivity contribution < 1.29 is 19.1 Å². The normalized spacial score (nSPS) is 10.8. The van der Waals surface area contributed by atoms with E-state index in [9.17, 15) is 9.59 Å². The molecule has 0 bridgehead atoms. The molecule has 0 aliphatic carbocycles. The molecule has 130 valence electrons. The standard InChI is InChI=1S/C18H19N3O4/c1-5-12-6-16(25-11-18(2,3)17(23)24-4)21-8-14(12)15-9-19-13(10-22)7-20-15/h5-10H,1,11H2,2-4H3. The van der Waals surface area contributed by atoms with Crippen LogP contribution in [0.25, 0.3) is 17.3 Å². The van der Waals surface area contributed by atoms with Gasteiger partial charge in [-0.1, -0.05) is 12.7 Å². The van der Waals surface area contributed by atoms with Crippen molar-refractivity contribution in [1.82, 2.24) is 15.0 Å². The van der Waals surface area contributed by atoms with Gasteiger partial charge in [0.25, 0.3) is 0 Å². The summed E-state index contributed by atoms with van der Waals surface area (Å²) in [5.74, 6) is -0.00768. The van der Waals surface area contributed by atoms with Gasteiger partial charge in [-0.2, -0.15) is 0 Å². The number of aromatic nitrogens is 3. The van der Waals surface area contributed by atoms with Crippen LogP contribution in [0, 0.1) is 5.41 Å². The van der Waals surface area contributed by atoms with Gasteiger partial charge in [-0.05, 0) is 19.4 Å². The van der Waals surface area contributed by atoms with Crippen LogP contribution in [0.5, 0.6) is 5.88 Å². The summed E-state index contributed by atoms with van der Waals surface area (Å²) in [6, 6.07) is 1.70. The Morgan fingerprint density at radius 3 is 2.56 bits per heavy atom. The Kier molecular flexibility index (Phi) is 5.59. The number of carbonyl (C=O) groups excluding carboxylic acids is 2. The summed E-state index contributed by atoms with van der Waals surface area (Å²) in [4.78, 5) is 34.8. The molecule has 0 saturated heterocycles. The van der Waals surface area contributed by atoms with Crippen LogP contribution in [0.15, 0.2) is 31.2 Å². The van der Waals surface area contributed by atoms with Crippen LogP contribution in [-0.4, -0.2) is 40.9 Å². The molecular weight excluding hydrogens is 322 g/mol. The van der Waals surface area contributed by atoms with E-state index in [4.69, 9.17) is 9.47 Å². The number of rotatable bonds is 7. The topological polar surface area (TPSA) is 91.3 Å². The number of carbonyl (C=O) groups is 2. The van der Waals surface area contributed by atoms with Gasteiger partial charge in [-0.25, -0.2) is 9.97 Å². The molecule has 7 heteroatoms. The first-order valence-electron chi connectivity index (χ1n) is 7.52. The lowest BCUT2D eigenvalue weighted by atomic mass is 9.95. The molecule has 25 heavy (non-hydrogen) atoms. The first-order valence-corrected chi connectivity index (χ1v) is 7.52. The molecule has 0 atom stereocenters. The van der Waals surface area contributed by atoms with E-state index in [0.29, 0.717) is 23.4 Å². The van der Waals surface area contributed by atoms with Gasteiger partial charge in [-0.15, -0.1) is 0 Å². The van der Waals surface area contributed by atoms with Gasteiger partial charge in [-0.3, -0.25) is 14.6 Å². The number of nitrogens with zero attached hydrogens (tertiary/aromatic N) is 3. The van der Waals surface area contributed by atoms with Crippen LogP contribution in [-0.2, 0) is 9.53 Å². The molecule has 2 rings (SSSR count). The second kappa shape index (κ2) is 7.65. The SMILES string of the molecule is C=Cc1cc(OCC(C)(C)C(=O)OC)ncc1-c1cnc(C=O)cn1. The smallest absolute Gasteiger partial charge is 0.314 e. The predicted molar refractivity (Wildman–Crippen MR) is 92.0 cm³/mol. The Balaban J connectivity index is 2.22. The van der Waals surface area contributed by atoms with Crippen molar-refractivity contribution in [3.05, 3.63) is 42.5 Å². The van der Waals surface area contributed by atoms with Gasteiger partial charge < -0.3 is 9.47 Å². The Hall–Kier alpha value is -3.09. The summed E-state index contributed by atoms with van der Waals surface area (Å²) < 4.78 is 10.4. The van der Waals surface area contributed by atoms with E-state index >= 15 is 0 Å². The Morgan fingerprint density at radius 2 is 2.00 bits per heavy atom. The Morgan fingerprint density at radius 1 is 1.24 bits per heavy atom. The number of hydrogen-bond donors (Lipinski definition) is 0. The molecular formula is C18H19N3O4. The lowest BCUT2D eigenvalue weighted by Crippen LogP contribution is -2.32. The zero-order chi connectivity index (χ0) is 18.4. The molecule has 2 aromatic heterocycles. The highest BCUT2D eigenvalue weighted by atomic mass is 16.5. The van der Waals surface area contributed by atoms with Gasteiger partial charge in [0.2, 0.25) is 5.88 Å². The van der Waals surface area contributed by atoms with Gasteiger partial charge in [0.1, 0.15) is 12.3 Å². The quantitative estimate of drug-likeness (QED) is 0.564. The highest BCUT2D eigenvalue weighted by Gasteiger charge is 2.30. The maximum atomic E-state index is 11.7. The zero-order valence-electron chi connectivity index (χ0n) is 14.4. The lowest BCUT2D eigenvalue weighted by Gasteiger charge is -2.21. The molecule has 0 aliphatic rings. The van der Waals surface area contributed by atoms with Crippen LogP contribution < -0.4 is 4.74 Å². The number of aldehydes is 1. The molecule has 0 amide bonds. The molecule has 0 aromatic carbocycles. The van der Waals surface area contributed by atoms with E-state index < -0.39 is 5.41 Å². The van der Waals surface area contributed by atoms with E-state index in [-0.39, 0.29) is 18.3 Å².